The highest BCUT2D eigenvalue weighted by Gasteiger charge is 2.20. The molecular weight excluding hydrogens is 286 g/mol. The molecule has 5 heteroatoms. The molecule has 0 unspecified atom stereocenters. The highest BCUT2D eigenvalue weighted by molar-refractivity contribution is 6.31. The van der Waals surface area contributed by atoms with Gasteiger partial charge in [0.25, 0.3) is 0 Å². The minimum Gasteiger partial charge on any atom is -0.342 e. The lowest BCUT2D eigenvalue weighted by molar-refractivity contribution is 0.0980. The van der Waals surface area contributed by atoms with Crippen LogP contribution >= 0.6 is 11.6 Å². The van der Waals surface area contributed by atoms with Crippen LogP contribution in [0.3, 0.4) is 0 Å². The Kier molecular flexibility index (Phi) is 4.36. The summed E-state index contributed by atoms with van der Waals surface area (Å²) in [5, 5.41) is 3.90. The number of aromatic nitrogens is 2. The van der Waals surface area contributed by atoms with E-state index < -0.39 is 0 Å². The SMILES string of the molecule is O=C(Cc1ccncc1Cl)c1cccn1C1CCNCC1. The number of rotatable bonds is 4. The molecule has 2 aromatic rings. The molecule has 21 heavy (non-hydrogen) atoms. The van der Waals surface area contributed by atoms with Crippen molar-refractivity contribution in [1.82, 2.24) is 14.9 Å². The number of pyridine rings is 1. The number of carbonyl (C=O) groups is 1. The van der Waals surface area contributed by atoms with Crippen molar-refractivity contribution in [3.8, 4) is 0 Å². The molecule has 1 aliphatic rings. The van der Waals surface area contributed by atoms with Crippen molar-refractivity contribution in [2.45, 2.75) is 25.3 Å². The second-order valence-electron chi connectivity index (χ2n) is 5.35. The number of carbonyl (C=O) groups excluding carboxylic acids is 1. The summed E-state index contributed by atoms with van der Waals surface area (Å²) in [4.78, 5) is 16.5. The van der Waals surface area contributed by atoms with Crippen LogP contribution in [0.5, 0.6) is 0 Å². The van der Waals surface area contributed by atoms with Crippen molar-refractivity contribution in [2.24, 2.45) is 0 Å². The summed E-state index contributed by atoms with van der Waals surface area (Å²) in [5.74, 6) is 0.103. The molecule has 2 aromatic heterocycles. The average molecular weight is 304 g/mol. The first-order chi connectivity index (χ1) is 10.3. The molecule has 0 saturated carbocycles. The summed E-state index contributed by atoms with van der Waals surface area (Å²) in [7, 11) is 0. The standard InChI is InChI=1S/C16H18ClN3O/c17-14-11-19-6-3-12(14)10-16(21)15-2-1-9-20(15)13-4-7-18-8-5-13/h1-3,6,9,11,13,18H,4-5,7-8,10H2. The Morgan fingerprint density at radius 1 is 1.38 bits per heavy atom. The number of piperidine rings is 1. The highest BCUT2D eigenvalue weighted by Crippen LogP contribution is 2.23. The maximum absolute atomic E-state index is 12.6. The summed E-state index contributed by atoms with van der Waals surface area (Å²) < 4.78 is 2.12. The molecule has 0 aromatic carbocycles. The highest BCUT2D eigenvalue weighted by atomic mass is 35.5. The van der Waals surface area contributed by atoms with Crippen molar-refractivity contribution in [1.29, 1.82) is 0 Å². The van der Waals surface area contributed by atoms with Crippen LogP contribution in [0.25, 0.3) is 0 Å². The van der Waals surface area contributed by atoms with Gasteiger partial charge in [0.05, 0.1) is 10.7 Å². The van der Waals surface area contributed by atoms with E-state index in [2.05, 4.69) is 14.9 Å². The topological polar surface area (TPSA) is 46.9 Å². The lowest BCUT2D eigenvalue weighted by Gasteiger charge is -2.25. The summed E-state index contributed by atoms with van der Waals surface area (Å²) >= 11 is 6.09. The van der Waals surface area contributed by atoms with Crippen LogP contribution in [0.1, 0.15) is 34.9 Å². The fraction of sp³-hybridized carbons (Fsp3) is 0.375. The lowest BCUT2D eigenvalue weighted by atomic mass is 10.0. The van der Waals surface area contributed by atoms with Crippen LogP contribution < -0.4 is 5.32 Å². The van der Waals surface area contributed by atoms with Crippen molar-refractivity contribution in [3.05, 3.63) is 53.1 Å². The summed E-state index contributed by atoms with van der Waals surface area (Å²) in [6, 6.07) is 6.06. The Morgan fingerprint density at radius 2 is 2.19 bits per heavy atom. The second-order valence-corrected chi connectivity index (χ2v) is 5.76. The molecule has 0 radical (unpaired) electrons. The second kappa shape index (κ2) is 6.41. The zero-order valence-electron chi connectivity index (χ0n) is 11.8. The van der Waals surface area contributed by atoms with Gasteiger partial charge in [0.2, 0.25) is 0 Å². The van der Waals surface area contributed by atoms with Crippen LogP contribution in [0, 0.1) is 0 Å². The first-order valence-electron chi connectivity index (χ1n) is 7.25. The van der Waals surface area contributed by atoms with Gasteiger partial charge in [0.1, 0.15) is 0 Å². The van der Waals surface area contributed by atoms with E-state index in [0.717, 1.165) is 37.2 Å². The minimum absolute atomic E-state index is 0.103. The Balaban J connectivity index is 1.79. The van der Waals surface area contributed by atoms with Gasteiger partial charge in [0, 0.05) is 31.1 Å². The number of nitrogens with one attached hydrogen (secondary N) is 1. The summed E-state index contributed by atoms with van der Waals surface area (Å²) in [6.07, 6.45) is 7.69. The van der Waals surface area contributed by atoms with Crippen LogP contribution in [0.4, 0.5) is 0 Å². The van der Waals surface area contributed by atoms with Crippen LogP contribution in [0.15, 0.2) is 36.8 Å². The first kappa shape index (κ1) is 14.3. The summed E-state index contributed by atoms with van der Waals surface area (Å²) in [6.45, 7) is 2.01. The quantitative estimate of drug-likeness (QED) is 0.884. The summed E-state index contributed by atoms with van der Waals surface area (Å²) in [5.41, 5.74) is 1.60. The normalized spacial score (nSPS) is 16.0. The Morgan fingerprint density at radius 3 is 2.95 bits per heavy atom. The van der Waals surface area contributed by atoms with Gasteiger partial charge in [-0.15, -0.1) is 0 Å². The molecule has 4 nitrogen and oxygen atoms in total. The molecule has 0 bridgehead atoms. The van der Waals surface area contributed by atoms with E-state index >= 15 is 0 Å². The number of hydrogen-bond acceptors (Lipinski definition) is 3. The van der Waals surface area contributed by atoms with Crippen LogP contribution in [-0.4, -0.2) is 28.4 Å². The lowest BCUT2D eigenvalue weighted by Crippen LogP contribution is -2.30. The molecule has 1 saturated heterocycles. The van der Waals surface area contributed by atoms with Crippen molar-refractivity contribution >= 4 is 17.4 Å². The van der Waals surface area contributed by atoms with Gasteiger partial charge in [-0.3, -0.25) is 9.78 Å². The molecular formula is C16H18ClN3O. The Hall–Kier alpha value is -1.65. The molecule has 0 amide bonds. The Bertz CT molecular complexity index is 632. The Labute approximate surface area is 129 Å². The van der Waals surface area contributed by atoms with Gasteiger partial charge in [-0.1, -0.05) is 11.6 Å². The first-order valence-corrected chi connectivity index (χ1v) is 7.62. The largest absolute Gasteiger partial charge is 0.342 e. The molecule has 1 N–H and O–H groups in total. The third-order valence-corrected chi connectivity index (χ3v) is 4.31. The molecule has 1 aliphatic heterocycles. The molecule has 3 rings (SSSR count). The maximum Gasteiger partial charge on any atom is 0.183 e. The fourth-order valence-electron chi connectivity index (χ4n) is 2.84. The molecule has 110 valence electrons. The van der Waals surface area contributed by atoms with Crippen molar-refractivity contribution in [3.63, 3.8) is 0 Å². The predicted molar refractivity (Wildman–Crippen MR) is 82.9 cm³/mol. The molecule has 3 heterocycles. The van der Waals surface area contributed by atoms with E-state index in [0.29, 0.717) is 17.5 Å². The van der Waals surface area contributed by atoms with E-state index in [4.69, 9.17) is 11.6 Å². The fourth-order valence-corrected chi connectivity index (χ4v) is 3.03. The number of Topliss-reactive ketones (excluding diaryl/α,β-unsaturated/α-hetero) is 1. The number of ketones is 1. The molecule has 0 aliphatic carbocycles. The van der Waals surface area contributed by atoms with Gasteiger partial charge in [0.15, 0.2) is 5.78 Å². The number of hydrogen-bond donors (Lipinski definition) is 1. The van der Waals surface area contributed by atoms with Gasteiger partial charge in [-0.25, -0.2) is 0 Å². The van der Waals surface area contributed by atoms with Gasteiger partial charge in [-0.2, -0.15) is 0 Å². The van der Waals surface area contributed by atoms with E-state index in [9.17, 15) is 4.79 Å². The van der Waals surface area contributed by atoms with Gasteiger partial charge in [-0.05, 0) is 49.7 Å². The zero-order valence-corrected chi connectivity index (χ0v) is 12.5. The van der Waals surface area contributed by atoms with E-state index in [-0.39, 0.29) is 5.78 Å². The minimum atomic E-state index is 0.103. The monoisotopic (exact) mass is 303 g/mol. The van der Waals surface area contributed by atoms with Crippen molar-refractivity contribution in [2.75, 3.05) is 13.1 Å². The maximum atomic E-state index is 12.6. The van der Waals surface area contributed by atoms with Crippen LogP contribution in [-0.2, 0) is 6.42 Å². The molecule has 0 spiro atoms. The number of halogens is 1. The van der Waals surface area contributed by atoms with Gasteiger partial charge >= 0.3 is 0 Å². The van der Waals surface area contributed by atoms with Gasteiger partial charge < -0.3 is 9.88 Å². The predicted octanol–water partition coefficient (Wildman–Crippen LogP) is 2.89. The third-order valence-electron chi connectivity index (χ3n) is 3.97. The van der Waals surface area contributed by atoms with E-state index in [1.54, 1.807) is 18.5 Å². The van der Waals surface area contributed by atoms with Crippen molar-refractivity contribution < 1.29 is 4.79 Å². The smallest absolute Gasteiger partial charge is 0.183 e. The van der Waals surface area contributed by atoms with Crippen LogP contribution in [0.2, 0.25) is 5.02 Å². The molecule has 0 atom stereocenters. The van der Waals surface area contributed by atoms with E-state index in [1.807, 2.05) is 18.3 Å². The van der Waals surface area contributed by atoms with E-state index in [1.165, 1.54) is 0 Å². The third kappa shape index (κ3) is 3.17. The number of nitrogens with zero attached hydrogens (tertiary/aromatic N) is 2. The molecule has 1 fully saturated rings. The average Bonchev–Trinajstić information content (AvgIpc) is 3.00. The zero-order chi connectivity index (χ0) is 14.7.